The largest absolute Gasteiger partial charge is 0.417 e. The molecule has 1 fully saturated rings. The van der Waals surface area contributed by atoms with Crippen LogP contribution in [0.15, 0.2) is 18.2 Å². The lowest BCUT2D eigenvalue weighted by Crippen LogP contribution is -2.52. The fraction of sp³-hybridized carbons (Fsp3) is 0.467. The van der Waals surface area contributed by atoms with E-state index in [-0.39, 0.29) is 24.0 Å². The van der Waals surface area contributed by atoms with Crippen molar-refractivity contribution in [2.45, 2.75) is 31.7 Å². The maximum absolute atomic E-state index is 13.2. The zero-order chi connectivity index (χ0) is 18.3. The average molecular weight is 358 g/mol. The van der Waals surface area contributed by atoms with Crippen LogP contribution in [0.5, 0.6) is 0 Å². The molecular weight excluding hydrogens is 341 g/mol. The Morgan fingerprint density at radius 1 is 1.42 bits per heavy atom. The van der Waals surface area contributed by atoms with Crippen molar-refractivity contribution < 1.29 is 18.3 Å². The van der Waals surface area contributed by atoms with Crippen LogP contribution in [0.25, 0.3) is 0 Å². The van der Waals surface area contributed by atoms with Crippen LogP contribution in [0.1, 0.15) is 25.0 Å². The summed E-state index contributed by atoms with van der Waals surface area (Å²) in [6.45, 7) is 3.66. The summed E-state index contributed by atoms with van der Waals surface area (Å²) >= 11 is 5.35. The van der Waals surface area contributed by atoms with Gasteiger partial charge in [0.2, 0.25) is 0 Å². The maximum atomic E-state index is 13.2. The molecule has 0 aliphatic carbocycles. The molecule has 1 aromatic rings. The van der Waals surface area contributed by atoms with Crippen molar-refractivity contribution in [3.8, 4) is 6.07 Å². The number of anilines is 1. The summed E-state index contributed by atoms with van der Waals surface area (Å²) in [6, 6.07) is 4.91. The van der Waals surface area contributed by atoms with Gasteiger partial charge in [0.05, 0.1) is 29.3 Å². The molecule has 1 heterocycles. The molecule has 3 N–H and O–H groups in total. The quantitative estimate of drug-likeness (QED) is 0.806. The molecule has 1 aliphatic rings. The highest BCUT2D eigenvalue weighted by molar-refractivity contribution is 7.80. The van der Waals surface area contributed by atoms with E-state index in [2.05, 4.69) is 0 Å². The van der Waals surface area contributed by atoms with E-state index >= 15 is 0 Å². The Balaban J connectivity index is 2.53. The van der Waals surface area contributed by atoms with E-state index in [1.807, 2.05) is 0 Å². The number of aliphatic hydroxyl groups excluding tert-OH is 1. The van der Waals surface area contributed by atoms with Gasteiger partial charge < -0.3 is 20.6 Å². The Morgan fingerprint density at radius 2 is 2.04 bits per heavy atom. The monoisotopic (exact) mass is 358 g/mol. The van der Waals surface area contributed by atoms with Crippen molar-refractivity contribution >= 4 is 23.0 Å². The molecule has 2 rings (SSSR count). The second-order valence-corrected chi connectivity index (χ2v) is 6.33. The molecule has 9 heteroatoms. The van der Waals surface area contributed by atoms with Crippen LogP contribution < -0.4 is 10.6 Å². The fourth-order valence-corrected chi connectivity index (χ4v) is 3.29. The van der Waals surface area contributed by atoms with Crippen molar-refractivity contribution in [2.75, 3.05) is 18.1 Å². The zero-order valence-electron chi connectivity index (χ0n) is 13.1. The number of hydrogen-bond donors (Lipinski definition) is 2. The first-order chi connectivity index (χ1) is 11.1. The lowest BCUT2D eigenvalue weighted by molar-refractivity contribution is -0.137. The molecular formula is C15H17F3N4OS. The van der Waals surface area contributed by atoms with Crippen molar-refractivity contribution in [1.29, 1.82) is 5.26 Å². The summed E-state index contributed by atoms with van der Waals surface area (Å²) in [5.74, 6) is 0. The number of nitriles is 1. The second-order valence-electron chi connectivity index (χ2n) is 5.97. The minimum Gasteiger partial charge on any atom is -0.395 e. The third-order valence-corrected chi connectivity index (χ3v) is 4.58. The Kier molecular flexibility index (Phi) is 4.77. The Hall–Kier alpha value is -1.89. The van der Waals surface area contributed by atoms with E-state index in [1.165, 1.54) is 11.0 Å². The molecule has 24 heavy (non-hydrogen) atoms. The molecule has 130 valence electrons. The van der Waals surface area contributed by atoms with Crippen molar-refractivity contribution in [2.24, 2.45) is 5.73 Å². The van der Waals surface area contributed by atoms with Gasteiger partial charge in [-0.3, -0.25) is 0 Å². The van der Waals surface area contributed by atoms with Gasteiger partial charge in [0.15, 0.2) is 5.11 Å². The number of alkyl halides is 3. The predicted octanol–water partition coefficient (Wildman–Crippen LogP) is 2.04. The van der Waals surface area contributed by atoms with Gasteiger partial charge in [-0.2, -0.15) is 18.4 Å². The first-order valence-electron chi connectivity index (χ1n) is 7.14. The van der Waals surface area contributed by atoms with Crippen molar-refractivity contribution in [3.63, 3.8) is 0 Å². The molecule has 1 aromatic carbocycles. The highest BCUT2D eigenvalue weighted by Crippen LogP contribution is 2.38. The smallest absolute Gasteiger partial charge is 0.395 e. The predicted molar refractivity (Wildman–Crippen MR) is 87.1 cm³/mol. The fourth-order valence-electron chi connectivity index (χ4n) is 2.74. The van der Waals surface area contributed by atoms with Crippen LogP contribution in [0.3, 0.4) is 0 Å². The number of benzene rings is 1. The minimum atomic E-state index is -4.66. The van der Waals surface area contributed by atoms with Crippen LogP contribution in [-0.2, 0) is 6.18 Å². The zero-order valence-corrected chi connectivity index (χ0v) is 13.9. The molecule has 0 saturated carbocycles. The summed E-state index contributed by atoms with van der Waals surface area (Å²) in [6.07, 6.45) is -5.36. The van der Waals surface area contributed by atoms with Gasteiger partial charge in [-0.05, 0) is 44.3 Å². The summed E-state index contributed by atoms with van der Waals surface area (Å²) in [5, 5.41) is 18.3. The van der Waals surface area contributed by atoms with Crippen LogP contribution in [0.2, 0.25) is 0 Å². The molecule has 1 aliphatic heterocycles. The van der Waals surface area contributed by atoms with Crippen LogP contribution in [0.4, 0.5) is 18.9 Å². The third-order valence-electron chi connectivity index (χ3n) is 4.17. The molecule has 0 amide bonds. The Morgan fingerprint density at radius 3 is 2.54 bits per heavy atom. The number of hydrogen-bond acceptors (Lipinski definition) is 4. The number of thiocarbonyl (C=S) groups is 1. The standard InChI is InChI=1S/C15H17F3N4OS/c1-14(2)12(20)22(13(24)21(14)5-6-23)10-4-3-9(8-19)11(7-10)15(16,17)18/h3-4,7,12,23H,5-6,20H2,1-2H3. The van der Waals surface area contributed by atoms with Gasteiger partial charge in [0, 0.05) is 12.2 Å². The number of β-amino-alcohol motifs (C(OH)–C–C–N with tert-alkyl or cyclic N) is 1. The molecule has 1 saturated heterocycles. The van der Waals surface area contributed by atoms with Gasteiger partial charge in [0.25, 0.3) is 0 Å². The molecule has 1 unspecified atom stereocenters. The normalized spacial score (nSPS) is 20.4. The molecule has 5 nitrogen and oxygen atoms in total. The number of aliphatic hydroxyl groups is 1. The summed E-state index contributed by atoms with van der Waals surface area (Å²) < 4.78 is 39.5. The van der Waals surface area contributed by atoms with E-state index in [0.717, 1.165) is 12.1 Å². The third kappa shape index (κ3) is 2.92. The Labute approximate surface area is 143 Å². The first-order valence-corrected chi connectivity index (χ1v) is 7.55. The van der Waals surface area contributed by atoms with Crippen LogP contribution in [-0.4, -0.2) is 40.0 Å². The molecule has 1 atom stereocenters. The summed E-state index contributed by atoms with van der Waals surface area (Å²) in [5.41, 5.74) is 4.19. The van der Waals surface area contributed by atoms with Gasteiger partial charge in [-0.25, -0.2) is 0 Å². The van der Waals surface area contributed by atoms with E-state index < -0.39 is 29.0 Å². The van der Waals surface area contributed by atoms with E-state index in [4.69, 9.17) is 23.2 Å². The Bertz CT molecular complexity index is 699. The average Bonchev–Trinajstić information content (AvgIpc) is 2.66. The summed E-state index contributed by atoms with van der Waals surface area (Å²) in [4.78, 5) is 3.10. The molecule has 0 radical (unpaired) electrons. The number of halogens is 3. The van der Waals surface area contributed by atoms with Crippen LogP contribution in [0, 0.1) is 11.3 Å². The highest BCUT2D eigenvalue weighted by Gasteiger charge is 2.48. The van der Waals surface area contributed by atoms with E-state index in [0.29, 0.717) is 0 Å². The van der Waals surface area contributed by atoms with E-state index in [9.17, 15) is 18.3 Å². The van der Waals surface area contributed by atoms with Crippen molar-refractivity contribution in [1.82, 2.24) is 4.90 Å². The number of rotatable bonds is 3. The van der Waals surface area contributed by atoms with Gasteiger partial charge >= 0.3 is 6.18 Å². The lowest BCUT2D eigenvalue weighted by Gasteiger charge is -2.33. The molecule has 0 spiro atoms. The van der Waals surface area contributed by atoms with Gasteiger partial charge in [-0.1, -0.05) is 0 Å². The maximum Gasteiger partial charge on any atom is 0.417 e. The molecule has 0 aromatic heterocycles. The second kappa shape index (κ2) is 6.20. The van der Waals surface area contributed by atoms with Crippen molar-refractivity contribution in [3.05, 3.63) is 29.3 Å². The van der Waals surface area contributed by atoms with E-state index in [1.54, 1.807) is 24.8 Å². The molecule has 0 bridgehead atoms. The lowest BCUT2D eigenvalue weighted by atomic mass is 10.0. The highest BCUT2D eigenvalue weighted by atomic mass is 32.1. The van der Waals surface area contributed by atoms with Crippen LogP contribution >= 0.6 is 12.2 Å². The number of nitrogens with two attached hydrogens (primary N) is 1. The first kappa shape index (κ1) is 18.4. The SMILES string of the molecule is CC1(C)C(N)N(c2ccc(C#N)c(C(F)(F)F)c2)C(=S)N1CCO. The van der Waals surface area contributed by atoms with Gasteiger partial charge in [0.1, 0.15) is 6.17 Å². The topological polar surface area (TPSA) is 76.5 Å². The minimum absolute atomic E-state index is 0.160. The van der Waals surface area contributed by atoms with Gasteiger partial charge in [-0.15, -0.1) is 0 Å². The summed E-state index contributed by atoms with van der Waals surface area (Å²) in [7, 11) is 0. The number of nitrogens with zero attached hydrogens (tertiary/aromatic N) is 3.